The highest BCUT2D eigenvalue weighted by Gasteiger charge is 2.11. The molecule has 0 saturated heterocycles. The molecule has 0 aromatic heterocycles. The third-order valence-electron chi connectivity index (χ3n) is 3.48. The molecule has 1 nitrogen and oxygen atoms in total. The van der Waals surface area contributed by atoms with E-state index in [1.54, 1.807) is 0 Å². The fraction of sp³-hybridized carbons (Fsp3) is 0.333. The zero-order valence-electron chi connectivity index (χ0n) is 11.7. The van der Waals surface area contributed by atoms with Gasteiger partial charge in [-0.1, -0.05) is 61.6 Å². The lowest BCUT2D eigenvalue weighted by Crippen LogP contribution is -2.12. The molecule has 0 radical (unpaired) electrons. The molecule has 0 spiro atoms. The number of rotatable bonds is 5. The van der Waals surface area contributed by atoms with Gasteiger partial charge in [0.1, 0.15) is 0 Å². The van der Waals surface area contributed by atoms with Gasteiger partial charge in [-0.25, -0.2) is 0 Å². The summed E-state index contributed by atoms with van der Waals surface area (Å²) in [6.07, 6.45) is 13.4. The second-order valence-corrected chi connectivity index (χ2v) is 5.00. The number of nitrogens with two attached hydrogens (primary N) is 1. The minimum Gasteiger partial charge on any atom is -0.324 e. The van der Waals surface area contributed by atoms with Gasteiger partial charge in [0.15, 0.2) is 0 Å². The van der Waals surface area contributed by atoms with Crippen LogP contribution in [0.1, 0.15) is 44.2 Å². The van der Waals surface area contributed by atoms with E-state index in [1.165, 1.54) is 16.7 Å². The first-order valence-electron chi connectivity index (χ1n) is 7.18. The largest absolute Gasteiger partial charge is 0.324 e. The summed E-state index contributed by atoms with van der Waals surface area (Å²) in [7, 11) is 0. The summed E-state index contributed by atoms with van der Waals surface area (Å²) < 4.78 is 0. The quantitative estimate of drug-likeness (QED) is 0.809. The highest BCUT2D eigenvalue weighted by Crippen LogP contribution is 2.27. The summed E-state index contributed by atoms with van der Waals surface area (Å²) in [5.74, 6) is 0. The van der Waals surface area contributed by atoms with Gasteiger partial charge in [-0.05, 0) is 42.4 Å². The van der Waals surface area contributed by atoms with E-state index in [0.29, 0.717) is 0 Å². The Kier molecular flexibility index (Phi) is 5.17. The Morgan fingerprint density at radius 1 is 1.26 bits per heavy atom. The molecule has 1 atom stereocenters. The summed E-state index contributed by atoms with van der Waals surface area (Å²) in [6.45, 7) is 2.18. The molecule has 1 aromatic rings. The Balaban J connectivity index is 2.11. The predicted molar refractivity (Wildman–Crippen MR) is 82.8 cm³/mol. The topological polar surface area (TPSA) is 26.0 Å². The van der Waals surface area contributed by atoms with Crippen molar-refractivity contribution in [1.29, 1.82) is 0 Å². The average Bonchev–Trinajstić information content (AvgIpc) is 2.48. The molecule has 1 aromatic carbocycles. The van der Waals surface area contributed by atoms with Crippen molar-refractivity contribution in [3.05, 3.63) is 71.3 Å². The van der Waals surface area contributed by atoms with Gasteiger partial charge in [0.05, 0.1) is 0 Å². The maximum Gasteiger partial charge on any atom is 0.0335 e. The Bertz CT molecular complexity index is 480. The van der Waals surface area contributed by atoms with Gasteiger partial charge >= 0.3 is 0 Å². The summed E-state index contributed by atoms with van der Waals surface area (Å²) in [4.78, 5) is 0. The first kappa shape index (κ1) is 13.8. The third kappa shape index (κ3) is 3.93. The normalized spacial score (nSPS) is 17.2. The summed E-state index contributed by atoms with van der Waals surface area (Å²) in [5.41, 5.74) is 10.3. The fourth-order valence-corrected chi connectivity index (χ4v) is 2.47. The molecule has 0 heterocycles. The van der Waals surface area contributed by atoms with Gasteiger partial charge < -0.3 is 5.73 Å². The number of benzene rings is 1. The second kappa shape index (κ2) is 7.10. The molecule has 2 N–H and O–H groups in total. The first-order chi connectivity index (χ1) is 9.31. The first-order valence-corrected chi connectivity index (χ1v) is 7.18. The molecule has 1 unspecified atom stereocenters. The monoisotopic (exact) mass is 253 g/mol. The van der Waals surface area contributed by atoms with Gasteiger partial charge in [-0.2, -0.15) is 0 Å². The lowest BCUT2D eigenvalue weighted by atomic mass is 9.91. The second-order valence-electron chi connectivity index (χ2n) is 5.00. The number of hydrogen-bond donors (Lipinski definition) is 1. The Hall–Kier alpha value is -1.60. The van der Waals surface area contributed by atoms with Gasteiger partial charge in [-0.15, -0.1) is 0 Å². The van der Waals surface area contributed by atoms with Crippen molar-refractivity contribution in [2.45, 2.75) is 38.6 Å². The van der Waals surface area contributed by atoms with E-state index in [0.717, 1.165) is 25.7 Å². The van der Waals surface area contributed by atoms with Crippen LogP contribution in [-0.4, -0.2) is 0 Å². The molecule has 0 saturated carbocycles. The molecular weight excluding hydrogens is 230 g/mol. The molecule has 1 aliphatic rings. The molecule has 1 heteroatoms. The maximum atomic E-state index is 6.34. The van der Waals surface area contributed by atoms with Crippen LogP contribution in [0.15, 0.2) is 65.8 Å². The molecular formula is C18H23N. The minimum atomic E-state index is 0.0789. The van der Waals surface area contributed by atoms with Crippen molar-refractivity contribution in [3.63, 3.8) is 0 Å². The molecule has 1 aliphatic carbocycles. The van der Waals surface area contributed by atoms with E-state index < -0.39 is 0 Å². The van der Waals surface area contributed by atoms with E-state index in [9.17, 15) is 0 Å². The smallest absolute Gasteiger partial charge is 0.0335 e. The number of allylic oxidation sites excluding steroid dienone is 5. The Morgan fingerprint density at radius 3 is 2.68 bits per heavy atom. The minimum absolute atomic E-state index is 0.0789. The van der Waals surface area contributed by atoms with Crippen LogP contribution in [0.2, 0.25) is 0 Å². The van der Waals surface area contributed by atoms with Crippen LogP contribution < -0.4 is 5.73 Å². The van der Waals surface area contributed by atoms with Gasteiger partial charge in [0.25, 0.3) is 0 Å². The maximum absolute atomic E-state index is 6.34. The van der Waals surface area contributed by atoms with Crippen LogP contribution in [0.3, 0.4) is 0 Å². The molecule has 100 valence electrons. The predicted octanol–water partition coefficient (Wildman–Crippen LogP) is 4.69. The van der Waals surface area contributed by atoms with Crippen molar-refractivity contribution in [2.75, 3.05) is 0 Å². The molecule has 2 rings (SSSR count). The standard InChI is InChI=1S/C18H23N/c1-2-9-17(15-10-5-3-6-11-15)14-18(19)16-12-7-4-8-13-16/h4-5,7-13,18H,2-3,6,14,19H2,1H3/b17-9-. The summed E-state index contributed by atoms with van der Waals surface area (Å²) in [5, 5.41) is 0. The lowest BCUT2D eigenvalue weighted by molar-refractivity contribution is 0.717. The SMILES string of the molecule is CC/C=C(/CC(N)c1ccccc1)C1=CCCC=C1. The fourth-order valence-electron chi connectivity index (χ4n) is 2.47. The van der Waals surface area contributed by atoms with Crippen molar-refractivity contribution in [1.82, 2.24) is 0 Å². The molecule has 0 aliphatic heterocycles. The Labute approximate surface area is 116 Å². The lowest BCUT2D eigenvalue weighted by Gasteiger charge is -2.17. The molecule has 0 fully saturated rings. The molecule has 19 heavy (non-hydrogen) atoms. The molecule has 0 amide bonds. The van der Waals surface area contributed by atoms with Crippen molar-refractivity contribution >= 4 is 0 Å². The average molecular weight is 253 g/mol. The van der Waals surface area contributed by atoms with Crippen LogP contribution in [0.25, 0.3) is 0 Å². The summed E-state index contributed by atoms with van der Waals surface area (Å²) >= 11 is 0. The van der Waals surface area contributed by atoms with Crippen molar-refractivity contribution < 1.29 is 0 Å². The highest BCUT2D eigenvalue weighted by molar-refractivity contribution is 5.42. The van der Waals surface area contributed by atoms with Crippen molar-refractivity contribution in [2.24, 2.45) is 5.73 Å². The Morgan fingerprint density at radius 2 is 2.05 bits per heavy atom. The van der Waals surface area contributed by atoms with Crippen LogP contribution in [0.5, 0.6) is 0 Å². The van der Waals surface area contributed by atoms with Crippen LogP contribution in [0.4, 0.5) is 0 Å². The zero-order valence-corrected chi connectivity index (χ0v) is 11.7. The van der Waals surface area contributed by atoms with E-state index in [1.807, 2.05) is 6.07 Å². The molecule has 0 bridgehead atoms. The van der Waals surface area contributed by atoms with E-state index >= 15 is 0 Å². The van der Waals surface area contributed by atoms with Gasteiger partial charge in [-0.3, -0.25) is 0 Å². The van der Waals surface area contributed by atoms with Crippen LogP contribution in [-0.2, 0) is 0 Å². The van der Waals surface area contributed by atoms with Gasteiger partial charge in [0.2, 0.25) is 0 Å². The third-order valence-corrected chi connectivity index (χ3v) is 3.48. The highest BCUT2D eigenvalue weighted by atomic mass is 14.6. The van der Waals surface area contributed by atoms with Crippen LogP contribution >= 0.6 is 0 Å². The number of hydrogen-bond acceptors (Lipinski definition) is 1. The van der Waals surface area contributed by atoms with E-state index in [4.69, 9.17) is 5.73 Å². The zero-order chi connectivity index (χ0) is 13.5. The summed E-state index contributed by atoms with van der Waals surface area (Å²) in [6, 6.07) is 10.4. The van der Waals surface area contributed by atoms with E-state index in [-0.39, 0.29) is 6.04 Å². The van der Waals surface area contributed by atoms with Gasteiger partial charge in [0, 0.05) is 6.04 Å². The van der Waals surface area contributed by atoms with Crippen LogP contribution in [0, 0.1) is 0 Å². The van der Waals surface area contributed by atoms with Crippen molar-refractivity contribution in [3.8, 4) is 0 Å². The van der Waals surface area contributed by atoms with E-state index in [2.05, 4.69) is 55.5 Å².